The highest BCUT2D eigenvalue weighted by Gasteiger charge is 2.26. The van der Waals surface area contributed by atoms with Crippen LogP contribution in [-0.4, -0.2) is 55.2 Å². The number of piperidine rings is 1. The second-order valence-corrected chi connectivity index (χ2v) is 9.84. The normalized spacial score (nSPS) is 16.6. The van der Waals surface area contributed by atoms with Crippen molar-refractivity contribution in [3.63, 3.8) is 0 Å². The fraction of sp³-hybridized carbons (Fsp3) is 0.448. The number of methoxy groups -OCH3 is 1. The number of anilines is 1. The first-order chi connectivity index (χ1) is 17.6. The first-order valence-electron chi connectivity index (χ1n) is 13.1. The minimum atomic E-state index is -0.0940. The van der Waals surface area contributed by atoms with Crippen LogP contribution in [0.25, 0.3) is 10.9 Å². The molecule has 2 heterocycles. The highest BCUT2D eigenvalue weighted by molar-refractivity contribution is 6.07. The quantitative estimate of drug-likeness (QED) is 0.425. The Labute approximate surface area is 213 Å². The van der Waals surface area contributed by atoms with Crippen molar-refractivity contribution < 1.29 is 14.3 Å². The monoisotopic (exact) mass is 488 g/mol. The summed E-state index contributed by atoms with van der Waals surface area (Å²) in [7, 11) is 1.65. The molecule has 0 spiro atoms. The molecule has 2 fully saturated rings. The lowest BCUT2D eigenvalue weighted by Crippen LogP contribution is -2.35. The number of amides is 1. The van der Waals surface area contributed by atoms with E-state index < -0.39 is 0 Å². The summed E-state index contributed by atoms with van der Waals surface area (Å²) >= 11 is 0. The molecule has 0 atom stereocenters. The van der Waals surface area contributed by atoms with Crippen molar-refractivity contribution in [3.05, 3.63) is 59.8 Å². The zero-order valence-corrected chi connectivity index (χ0v) is 21.3. The van der Waals surface area contributed by atoms with Gasteiger partial charge in [0.1, 0.15) is 0 Å². The molecule has 5 rings (SSSR count). The molecule has 0 bridgehead atoms. The zero-order chi connectivity index (χ0) is 24.9. The number of pyridine rings is 1. The third-order valence-electron chi connectivity index (χ3n) is 7.25. The van der Waals surface area contributed by atoms with Gasteiger partial charge in [-0.1, -0.05) is 37.3 Å². The lowest BCUT2D eigenvalue weighted by Gasteiger charge is -2.31. The topological polar surface area (TPSA) is 75.7 Å². The van der Waals surface area contributed by atoms with Crippen LogP contribution in [0.15, 0.2) is 48.7 Å². The van der Waals surface area contributed by atoms with Crippen LogP contribution in [0.2, 0.25) is 0 Å². The number of ether oxygens (including phenoxy) is 2. The molecule has 1 saturated heterocycles. The molecule has 1 aromatic heterocycles. The van der Waals surface area contributed by atoms with Gasteiger partial charge >= 0.3 is 0 Å². The minimum absolute atomic E-state index is 0.0940. The number of nitrogens with zero attached hydrogens (tertiary/aromatic N) is 2. The maximum absolute atomic E-state index is 13.1. The van der Waals surface area contributed by atoms with Gasteiger partial charge in [0.25, 0.3) is 5.91 Å². The van der Waals surface area contributed by atoms with E-state index >= 15 is 0 Å². The lowest BCUT2D eigenvalue weighted by atomic mass is 9.98. The largest absolute Gasteiger partial charge is 0.493 e. The van der Waals surface area contributed by atoms with Gasteiger partial charge in [-0.25, -0.2) is 0 Å². The molecule has 2 aromatic carbocycles. The van der Waals surface area contributed by atoms with Gasteiger partial charge in [-0.2, -0.15) is 0 Å². The summed E-state index contributed by atoms with van der Waals surface area (Å²) in [6.45, 7) is 6.82. The fourth-order valence-electron chi connectivity index (χ4n) is 4.79. The van der Waals surface area contributed by atoms with E-state index in [1.165, 1.54) is 0 Å². The molecular weight excluding hydrogens is 452 g/mol. The predicted molar refractivity (Wildman–Crippen MR) is 143 cm³/mol. The number of hydrogen-bond donors (Lipinski definition) is 2. The Kier molecular flexibility index (Phi) is 7.56. The molecule has 7 nitrogen and oxygen atoms in total. The average molecular weight is 489 g/mol. The van der Waals surface area contributed by atoms with Gasteiger partial charge in [-0.3, -0.25) is 9.78 Å². The van der Waals surface area contributed by atoms with Crippen molar-refractivity contribution >= 4 is 22.5 Å². The molecule has 1 aliphatic carbocycles. The Bertz CT molecular complexity index is 1190. The van der Waals surface area contributed by atoms with E-state index in [0.717, 1.165) is 67.5 Å². The van der Waals surface area contributed by atoms with Crippen molar-refractivity contribution in [3.8, 4) is 11.5 Å². The second-order valence-electron chi connectivity index (χ2n) is 9.84. The van der Waals surface area contributed by atoms with E-state index in [1.54, 1.807) is 13.3 Å². The van der Waals surface area contributed by atoms with Crippen LogP contribution in [0, 0.1) is 5.92 Å². The Morgan fingerprint density at radius 2 is 1.86 bits per heavy atom. The summed E-state index contributed by atoms with van der Waals surface area (Å²) in [4.78, 5) is 20.2. The number of carbonyl (C=O) groups is 1. The highest BCUT2D eigenvalue weighted by Crippen LogP contribution is 2.37. The van der Waals surface area contributed by atoms with Crippen molar-refractivity contribution in [2.75, 3.05) is 38.7 Å². The number of aromatic nitrogens is 1. The SMILES string of the molecule is CCN1CCC(COc2cc3c(NCc4ccccc4)c(C(=O)NC4CC4)cnc3cc2OC)CC1. The van der Waals surface area contributed by atoms with E-state index in [1.807, 2.05) is 30.3 Å². The maximum atomic E-state index is 13.1. The predicted octanol–water partition coefficient (Wildman–Crippen LogP) is 4.86. The van der Waals surface area contributed by atoms with Gasteiger partial charge in [0.05, 0.1) is 30.5 Å². The highest BCUT2D eigenvalue weighted by atomic mass is 16.5. The summed E-state index contributed by atoms with van der Waals surface area (Å²) in [5.74, 6) is 1.78. The van der Waals surface area contributed by atoms with E-state index in [9.17, 15) is 4.79 Å². The van der Waals surface area contributed by atoms with E-state index in [2.05, 4.69) is 39.6 Å². The number of rotatable bonds is 10. The Balaban J connectivity index is 1.44. The van der Waals surface area contributed by atoms with Crippen molar-refractivity contribution in [1.29, 1.82) is 0 Å². The van der Waals surface area contributed by atoms with E-state index in [4.69, 9.17) is 9.47 Å². The molecule has 0 radical (unpaired) electrons. The summed E-state index contributed by atoms with van der Waals surface area (Å²) in [6, 6.07) is 14.3. The third-order valence-corrected chi connectivity index (χ3v) is 7.25. The van der Waals surface area contributed by atoms with Gasteiger partial charge in [0, 0.05) is 30.2 Å². The van der Waals surface area contributed by atoms with Gasteiger partial charge in [0.15, 0.2) is 11.5 Å². The molecule has 0 unspecified atom stereocenters. The van der Waals surface area contributed by atoms with Crippen LogP contribution < -0.4 is 20.1 Å². The molecule has 36 heavy (non-hydrogen) atoms. The van der Waals surface area contributed by atoms with E-state index in [-0.39, 0.29) is 11.9 Å². The molecule has 1 aliphatic heterocycles. The van der Waals surface area contributed by atoms with Crippen molar-refractivity contribution in [2.24, 2.45) is 5.92 Å². The van der Waals surface area contributed by atoms with Crippen LogP contribution in [0.4, 0.5) is 5.69 Å². The van der Waals surface area contributed by atoms with Crippen LogP contribution in [0.5, 0.6) is 11.5 Å². The Morgan fingerprint density at radius 1 is 1.08 bits per heavy atom. The lowest BCUT2D eigenvalue weighted by molar-refractivity contribution is 0.0951. The van der Waals surface area contributed by atoms with Gasteiger partial charge in [0.2, 0.25) is 0 Å². The smallest absolute Gasteiger partial charge is 0.255 e. The molecule has 3 aromatic rings. The standard InChI is InChI=1S/C29H36N4O3/c1-3-33-13-11-21(12-14-33)19-36-27-15-23-25(16-26(27)35-2)30-18-24(29(34)32-22-9-10-22)28(23)31-17-20-7-5-4-6-8-20/h4-8,15-16,18,21-22H,3,9-14,17,19H2,1-2H3,(H,30,31)(H,32,34). The summed E-state index contributed by atoms with van der Waals surface area (Å²) in [5, 5.41) is 7.49. The van der Waals surface area contributed by atoms with Gasteiger partial charge in [-0.15, -0.1) is 0 Å². The third kappa shape index (κ3) is 5.73. The van der Waals surface area contributed by atoms with E-state index in [0.29, 0.717) is 36.1 Å². The van der Waals surface area contributed by atoms with Crippen LogP contribution in [-0.2, 0) is 6.54 Å². The first kappa shape index (κ1) is 24.4. The molecular formula is C29H36N4O3. The second kappa shape index (κ2) is 11.2. The fourth-order valence-corrected chi connectivity index (χ4v) is 4.79. The summed E-state index contributed by atoms with van der Waals surface area (Å²) in [5.41, 5.74) is 3.22. The Morgan fingerprint density at radius 3 is 2.56 bits per heavy atom. The van der Waals surface area contributed by atoms with Crippen molar-refractivity contribution in [2.45, 2.75) is 45.2 Å². The number of nitrogens with one attached hydrogen (secondary N) is 2. The zero-order valence-electron chi connectivity index (χ0n) is 21.3. The molecule has 2 N–H and O–H groups in total. The minimum Gasteiger partial charge on any atom is -0.493 e. The number of fused-ring (bicyclic) bond motifs is 1. The molecule has 190 valence electrons. The first-order valence-corrected chi connectivity index (χ1v) is 13.1. The molecule has 1 saturated carbocycles. The Hall–Kier alpha value is -3.32. The maximum Gasteiger partial charge on any atom is 0.255 e. The van der Waals surface area contributed by atoms with Crippen LogP contribution >= 0.6 is 0 Å². The summed E-state index contributed by atoms with van der Waals surface area (Å²) in [6.07, 6.45) is 6.01. The van der Waals surface area contributed by atoms with Crippen LogP contribution in [0.1, 0.15) is 48.5 Å². The number of hydrogen-bond acceptors (Lipinski definition) is 6. The molecule has 7 heteroatoms. The number of likely N-dealkylation sites (tertiary alicyclic amines) is 1. The summed E-state index contributed by atoms with van der Waals surface area (Å²) < 4.78 is 12.0. The molecule has 1 amide bonds. The van der Waals surface area contributed by atoms with Gasteiger partial charge < -0.3 is 25.0 Å². The number of benzene rings is 2. The average Bonchev–Trinajstić information content (AvgIpc) is 3.74. The van der Waals surface area contributed by atoms with Crippen LogP contribution in [0.3, 0.4) is 0 Å². The van der Waals surface area contributed by atoms with Gasteiger partial charge in [-0.05, 0) is 62.9 Å². The molecule has 2 aliphatic rings. The number of carbonyl (C=O) groups excluding carboxylic acids is 1. The van der Waals surface area contributed by atoms with Crippen molar-refractivity contribution in [1.82, 2.24) is 15.2 Å².